The van der Waals surface area contributed by atoms with E-state index in [-0.39, 0.29) is 17.7 Å². The molecule has 0 saturated carbocycles. The highest BCUT2D eigenvalue weighted by atomic mass is 16.5. The predicted octanol–water partition coefficient (Wildman–Crippen LogP) is 0.569. The zero-order valence-corrected chi connectivity index (χ0v) is 16.0. The molecule has 8 heteroatoms. The number of aryl methyl sites for hydroxylation is 1. The normalized spacial score (nSPS) is 21.8. The zero-order valence-electron chi connectivity index (χ0n) is 16.0. The SMILES string of the molecule is Cc1nc(CC2CCN(C(=O)[C@@H]3CC(=O)N(CCN(C)C)C3)CC2)no1. The van der Waals surface area contributed by atoms with E-state index in [2.05, 4.69) is 15.0 Å². The van der Waals surface area contributed by atoms with Gasteiger partial charge in [0.2, 0.25) is 17.7 Å². The Balaban J connectivity index is 1.45. The van der Waals surface area contributed by atoms with Crippen molar-refractivity contribution in [3.05, 3.63) is 11.7 Å². The van der Waals surface area contributed by atoms with Gasteiger partial charge < -0.3 is 19.2 Å². The largest absolute Gasteiger partial charge is 0.342 e. The van der Waals surface area contributed by atoms with E-state index in [1.807, 2.05) is 23.9 Å². The van der Waals surface area contributed by atoms with E-state index in [0.29, 0.717) is 31.3 Å². The number of carbonyl (C=O) groups is 2. The van der Waals surface area contributed by atoms with Gasteiger partial charge in [0, 0.05) is 52.5 Å². The zero-order chi connectivity index (χ0) is 18.7. The third kappa shape index (κ3) is 4.60. The minimum absolute atomic E-state index is 0.104. The van der Waals surface area contributed by atoms with Crippen molar-refractivity contribution in [2.75, 3.05) is 46.8 Å². The monoisotopic (exact) mass is 363 g/mol. The molecule has 0 aliphatic carbocycles. The van der Waals surface area contributed by atoms with E-state index in [1.165, 1.54) is 0 Å². The molecule has 2 aliphatic heterocycles. The summed E-state index contributed by atoms with van der Waals surface area (Å²) in [5.41, 5.74) is 0. The number of hydrogen-bond acceptors (Lipinski definition) is 6. The summed E-state index contributed by atoms with van der Waals surface area (Å²) in [7, 11) is 3.98. The molecular formula is C18H29N5O3. The first-order valence-electron chi connectivity index (χ1n) is 9.43. The maximum atomic E-state index is 12.8. The molecule has 0 aromatic carbocycles. The number of amides is 2. The number of aromatic nitrogens is 2. The third-order valence-electron chi connectivity index (χ3n) is 5.35. The first kappa shape index (κ1) is 18.8. The molecule has 3 heterocycles. The first-order valence-corrected chi connectivity index (χ1v) is 9.43. The van der Waals surface area contributed by atoms with Crippen LogP contribution in [0.15, 0.2) is 4.52 Å². The summed E-state index contributed by atoms with van der Waals surface area (Å²) in [5.74, 6) is 1.90. The Morgan fingerprint density at radius 1 is 1.31 bits per heavy atom. The van der Waals surface area contributed by atoms with Gasteiger partial charge >= 0.3 is 0 Å². The van der Waals surface area contributed by atoms with Gasteiger partial charge in [-0.15, -0.1) is 0 Å². The highest BCUT2D eigenvalue weighted by Gasteiger charge is 2.37. The fourth-order valence-corrected chi connectivity index (χ4v) is 3.77. The van der Waals surface area contributed by atoms with Crippen molar-refractivity contribution < 1.29 is 14.1 Å². The quantitative estimate of drug-likeness (QED) is 0.735. The number of rotatable bonds is 6. The van der Waals surface area contributed by atoms with E-state index in [9.17, 15) is 9.59 Å². The number of carbonyl (C=O) groups excluding carboxylic acids is 2. The first-order chi connectivity index (χ1) is 12.4. The Morgan fingerprint density at radius 2 is 2.04 bits per heavy atom. The molecule has 0 N–H and O–H groups in total. The number of likely N-dealkylation sites (tertiary alicyclic amines) is 2. The third-order valence-corrected chi connectivity index (χ3v) is 5.35. The molecule has 2 amide bonds. The van der Waals surface area contributed by atoms with Gasteiger partial charge in [-0.1, -0.05) is 5.16 Å². The molecule has 26 heavy (non-hydrogen) atoms. The van der Waals surface area contributed by atoms with Crippen LogP contribution in [0.1, 0.15) is 31.0 Å². The Morgan fingerprint density at radius 3 is 2.65 bits per heavy atom. The summed E-state index contributed by atoms with van der Waals surface area (Å²) in [6.07, 6.45) is 3.06. The van der Waals surface area contributed by atoms with Crippen molar-refractivity contribution in [1.29, 1.82) is 0 Å². The van der Waals surface area contributed by atoms with Crippen LogP contribution in [0.5, 0.6) is 0 Å². The molecule has 3 rings (SSSR count). The van der Waals surface area contributed by atoms with Gasteiger partial charge in [0.1, 0.15) is 0 Å². The van der Waals surface area contributed by atoms with Crippen LogP contribution in [0, 0.1) is 18.8 Å². The molecule has 0 radical (unpaired) electrons. The van der Waals surface area contributed by atoms with Crippen molar-refractivity contribution >= 4 is 11.8 Å². The molecule has 8 nitrogen and oxygen atoms in total. The lowest BCUT2D eigenvalue weighted by Crippen LogP contribution is -2.43. The molecular weight excluding hydrogens is 334 g/mol. The highest BCUT2D eigenvalue weighted by molar-refractivity contribution is 5.89. The standard InChI is InChI=1S/C18H29N5O3/c1-13-19-16(20-26-13)10-14-4-6-22(7-5-14)18(25)15-11-17(24)23(12-15)9-8-21(2)3/h14-15H,4-12H2,1-3H3/t15-/m1/s1. The minimum Gasteiger partial charge on any atom is -0.342 e. The average molecular weight is 363 g/mol. The second-order valence-electron chi connectivity index (χ2n) is 7.75. The fraction of sp³-hybridized carbons (Fsp3) is 0.778. The summed E-state index contributed by atoms with van der Waals surface area (Å²) >= 11 is 0. The van der Waals surface area contributed by atoms with E-state index < -0.39 is 0 Å². The van der Waals surface area contributed by atoms with Crippen molar-refractivity contribution in [3.63, 3.8) is 0 Å². The van der Waals surface area contributed by atoms with Crippen LogP contribution in [-0.2, 0) is 16.0 Å². The lowest BCUT2D eigenvalue weighted by molar-refractivity contribution is -0.137. The Labute approximate surface area is 154 Å². The van der Waals surface area contributed by atoms with Crippen LogP contribution in [0.3, 0.4) is 0 Å². The molecule has 1 aromatic rings. The summed E-state index contributed by atoms with van der Waals surface area (Å²) in [6, 6.07) is 0. The van der Waals surface area contributed by atoms with Crippen LogP contribution in [0.2, 0.25) is 0 Å². The maximum absolute atomic E-state index is 12.8. The summed E-state index contributed by atoms with van der Waals surface area (Å²) < 4.78 is 5.02. The summed E-state index contributed by atoms with van der Waals surface area (Å²) in [6.45, 7) is 5.39. The molecule has 1 atom stereocenters. The van der Waals surface area contributed by atoms with E-state index in [1.54, 1.807) is 6.92 Å². The van der Waals surface area contributed by atoms with E-state index in [0.717, 1.165) is 44.7 Å². The van der Waals surface area contributed by atoms with Crippen LogP contribution >= 0.6 is 0 Å². The molecule has 144 valence electrons. The van der Waals surface area contributed by atoms with Gasteiger partial charge in [-0.25, -0.2) is 0 Å². The van der Waals surface area contributed by atoms with E-state index >= 15 is 0 Å². The lowest BCUT2D eigenvalue weighted by Gasteiger charge is -2.33. The van der Waals surface area contributed by atoms with Crippen LogP contribution in [0.4, 0.5) is 0 Å². The van der Waals surface area contributed by atoms with Gasteiger partial charge in [-0.2, -0.15) is 4.98 Å². The van der Waals surface area contributed by atoms with Gasteiger partial charge in [0.25, 0.3) is 0 Å². The van der Waals surface area contributed by atoms with E-state index in [4.69, 9.17) is 4.52 Å². The van der Waals surface area contributed by atoms with Gasteiger partial charge in [-0.3, -0.25) is 9.59 Å². The van der Waals surface area contributed by atoms with Crippen LogP contribution < -0.4 is 0 Å². The molecule has 0 unspecified atom stereocenters. The van der Waals surface area contributed by atoms with Crippen LogP contribution in [0.25, 0.3) is 0 Å². The Hall–Kier alpha value is -1.96. The van der Waals surface area contributed by atoms with Crippen molar-refractivity contribution in [2.24, 2.45) is 11.8 Å². The lowest BCUT2D eigenvalue weighted by atomic mass is 9.92. The maximum Gasteiger partial charge on any atom is 0.227 e. The second kappa shape index (κ2) is 8.16. The molecule has 0 bridgehead atoms. The topological polar surface area (TPSA) is 82.8 Å². The number of hydrogen-bond donors (Lipinski definition) is 0. The molecule has 2 aliphatic rings. The van der Waals surface area contributed by atoms with Gasteiger partial charge in [-0.05, 0) is 32.9 Å². The summed E-state index contributed by atoms with van der Waals surface area (Å²) in [4.78, 5) is 35.0. The fourth-order valence-electron chi connectivity index (χ4n) is 3.77. The van der Waals surface area contributed by atoms with Crippen molar-refractivity contribution in [1.82, 2.24) is 24.8 Å². The molecule has 2 fully saturated rings. The Bertz CT molecular complexity index is 637. The van der Waals surface area contributed by atoms with Crippen molar-refractivity contribution in [2.45, 2.75) is 32.6 Å². The molecule has 2 saturated heterocycles. The second-order valence-corrected chi connectivity index (χ2v) is 7.75. The summed E-state index contributed by atoms with van der Waals surface area (Å²) in [5, 5.41) is 3.96. The highest BCUT2D eigenvalue weighted by Crippen LogP contribution is 2.25. The predicted molar refractivity (Wildman–Crippen MR) is 95.3 cm³/mol. The molecule has 1 aromatic heterocycles. The Kier molecular flexibility index (Phi) is 5.90. The number of piperidine rings is 1. The van der Waals surface area contributed by atoms with Crippen LogP contribution in [-0.4, -0.2) is 83.5 Å². The van der Waals surface area contributed by atoms with Crippen molar-refractivity contribution in [3.8, 4) is 0 Å². The average Bonchev–Trinajstić information content (AvgIpc) is 3.18. The molecule has 0 spiro atoms. The number of nitrogens with zero attached hydrogens (tertiary/aromatic N) is 5. The minimum atomic E-state index is -0.180. The van der Waals surface area contributed by atoms with Gasteiger partial charge in [0.15, 0.2) is 5.82 Å². The van der Waals surface area contributed by atoms with Gasteiger partial charge in [0.05, 0.1) is 5.92 Å². The smallest absolute Gasteiger partial charge is 0.227 e. The number of likely N-dealkylation sites (N-methyl/N-ethyl adjacent to an activating group) is 1.